The number of carbonyl (C=O) groups excluding carboxylic acids is 1. The molecule has 0 bridgehead atoms. The Kier molecular flexibility index (Phi) is 6.54. The third-order valence-electron chi connectivity index (χ3n) is 5.11. The first-order chi connectivity index (χ1) is 13.2. The molecule has 0 aliphatic carbocycles. The second-order valence-corrected chi connectivity index (χ2v) is 6.94. The van der Waals surface area contributed by atoms with E-state index in [9.17, 15) is 4.79 Å². The van der Waals surface area contributed by atoms with Crippen molar-refractivity contribution in [2.75, 3.05) is 26.2 Å². The van der Waals surface area contributed by atoms with E-state index < -0.39 is 0 Å². The van der Waals surface area contributed by atoms with Gasteiger partial charge in [-0.05, 0) is 17.0 Å². The standard InChI is InChI=1S/C21H24N4O2.ClH/c1-25-14-16(11-24-25)18-12-22-13-19(18)21(26)23-9-10-27-20-8-4-6-15-5-2-3-7-17(15)20;/h2-8,11,14,18-19,22H,9-10,12-13H2,1H3,(H,23,26);1H/t18-,19+;/m1./s1. The van der Waals surface area contributed by atoms with Gasteiger partial charge in [0, 0.05) is 37.6 Å². The van der Waals surface area contributed by atoms with Crippen LogP contribution in [0.3, 0.4) is 0 Å². The van der Waals surface area contributed by atoms with Crippen LogP contribution in [0, 0.1) is 5.92 Å². The number of aryl methyl sites for hydroxylation is 1. The number of aromatic nitrogens is 2. The summed E-state index contributed by atoms with van der Waals surface area (Å²) in [7, 11) is 1.89. The maximum atomic E-state index is 12.6. The summed E-state index contributed by atoms with van der Waals surface area (Å²) >= 11 is 0. The topological polar surface area (TPSA) is 68.2 Å². The van der Waals surface area contributed by atoms with E-state index in [1.54, 1.807) is 4.68 Å². The summed E-state index contributed by atoms with van der Waals surface area (Å²) in [6.07, 6.45) is 3.84. The Hall–Kier alpha value is -2.57. The Morgan fingerprint density at radius 3 is 2.89 bits per heavy atom. The molecule has 2 atom stereocenters. The molecular formula is C21H25ClN4O2. The van der Waals surface area contributed by atoms with Crippen molar-refractivity contribution in [3.63, 3.8) is 0 Å². The lowest BCUT2D eigenvalue weighted by Gasteiger charge is -2.17. The van der Waals surface area contributed by atoms with E-state index in [1.807, 2.05) is 49.8 Å². The zero-order valence-electron chi connectivity index (χ0n) is 15.8. The minimum atomic E-state index is -0.0771. The summed E-state index contributed by atoms with van der Waals surface area (Å²) in [6.45, 7) is 2.42. The van der Waals surface area contributed by atoms with Gasteiger partial charge in [-0.3, -0.25) is 9.48 Å². The lowest BCUT2D eigenvalue weighted by atomic mass is 9.90. The van der Waals surface area contributed by atoms with Crippen LogP contribution in [-0.4, -0.2) is 41.9 Å². The van der Waals surface area contributed by atoms with E-state index in [4.69, 9.17) is 4.74 Å². The normalized spacial score (nSPS) is 18.6. The second-order valence-electron chi connectivity index (χ2n) is 6.94. The highest BCUT2D eigenvalue weighted by molar-refractivity contribution is 5.88. The molecule has 1 amide bonds. The zero-order valence-corrected chi connectivity index (χ0v) is 16.6. The Morgan fingerprint density at radius 1 is 1.25 bits per heavy atom. The molecule has 4 rings (SSSR count). The van der Waals surface area contributed by atoms with E-state index in [0.717, 1.165) is 28.6 Å². The Bertz CT molecular complexity index is 938. The molecule has 1 saturated heterocycles. The molecule has 6 nitrogen and oxygen atoms in total. The maximum Gasteiger partial charge on any atom is 0.225 e. The number of hydrogen-bond acceptors (Lipinski definition) is 4. The highest BCUT2D eigenvalue weighted by atomic mass is 35.5. The van der Waals surface area contributed by atoms with Gasteiger partial charge in [-0.1, -0.05) is 36.4 Å². The Morgan fingerprint density at radius 2 is 2.07 bits per heavy atom. The van der Waals surface area contributed by atoms with Crippen molar-refractivity contribution < 1.29 is 9.53 Å². The van der Waals surface area contributed by atoms with E-state index in [-0.39, 0.29) is 30.2 Å². The molecule has 7 heteroatoms. The average Bonchev–Trinajstić information content (AvgIpc) is 3.34. The van der Waals surface area contributed by atoms with Gasteiger partial charge in [0.25, 0.3) is 0 Å². The van der Waals surface area contributed by atoms with Gasteiger partial charge in [-0.25, -0.2) is 0 Å². The number of carbonyl (C=O) groups is 1. The van der Waals surface area contributed by atoms with E-state index in [0.29, 0.717) is 19.7 Å². The van der Waals surface area contributed by atoms with Crippen molar-refractivity contribution in [1.29, 1.82) is 0 Å². The number of nitrogens with one attached hydrogen (secondary N) is 2. The largest absolute Gasteiger partial charge is 0.491 e. The lowest BCUT2D eigenvalue weighted by Crippen LogP contribution is -2.36. The van der Waals surface area contributed by atoms with Gasteiger partial charge in [0.2, 0.25) is 5.91 Å². The number of nitrogens with zero attached hydrogens (tertiary/aromatic N) is 2. The quantitative estimate of drug-likeness (QED) is 0.624. The molecule has 1 fully saturated rings. The van der Waals surface area contributed by atoms with Gasteiger partial charge in [-0.2, -0.15) is 5.10 Å². The summed E-state index contributed by atoms with van der Waals surface area (Å²) < 4.78 is 7.68. The number of hydrogen-bond donors (Lipinski definition) is 2. The van der Waals surface area contributed by atoms with Gasteiger partial charge in [-0.15, -0.1) is 12.4 Å². The first-order valence-electron chi connectivity index (χ1n) is 9.30. The summed E-state index contributed by atoms with van der Waals surface area (Å²) in [4.78, 5) is 12.6. The number of fused-ring (bicyclic) bond motifs is 1. The van der Waals surface area contributed by atoms with Crippen LogP contribution < -0.4 is 15.4 Å². The first-order valence-corrected chi connectivity index (χ1v) is 9.30. The Balaban J connectivity index is 0.00000225. The van der Waals surface area contributed by atoms with Crippen LogP contribution in [-0.2, 0) is 11.8 Å². The lowest BCUT2D eigenvalue weighted by molar-refractivity contribution is -0.124. The average molecular weight is 401 g/mol. The van der Waals surface area contributed by atoms with Crippen LogP contribution >= 0.6 is 12.4 Å². The van der Waals surface area contributed by atoms with Crippen LogP contribution in [0.4, 0.5) is 0 Å². The Labute approximate surface area is 170 Å². The predicted molar refractivity (Wildman–Crippen MR) is 112 cm³/mol. The first kappa shape index (κ1) is 20.2. The number of ether oxygens (including phenoxy) is 1. The highest BCUT2D eigenvalue weighted by Gasteiger charge is 2.34. The van der Waals surface area contributed by atoms with Crippen LogP contribution in [0.5, 0.6) is 5.75 Å². The van der Waals surface area contributed by atoms with Crippen LogP contribution in [0.25, 0.3) is 10.8 Å². The minimum absolute atomic E-state index is 0. The van der Waals surface area contributed by atoms with E-state index in [1.165, 1.54) is 0 Å². The molecule has 0 spiro atoms. The molecule has 2 heterocycles. The van der Waals surface area contributed by atoms with Crippen LogP contribution in [0.2, 0.25) is 0 Å². The van der Waals surface area contributed by atoms with Crippen molar-refractivity contribution in [1.82, 2.24) is 20.4 Å². The molecule has 2 aromatic carbocycles. The summed E-state index contributed by atoms with van der Waals surface area (Å²) in [5, 5.41) is 12.8. The number of rotatable bonds is 6. The third-order valence-corrected chi connectivity index (χ3v) is 5.11. The van der Waals surface area contributed by atoms with Crippen molar-refractivity contribution in [2.24, 2.45) is 13.0 Å². The predicted octanol–water partition coefficient (Wildman–Crippen LogP) is 2.49. The number of halogens is 1. The third kappa shape index (κ3) is 4.29. The fourth-order valence-electron chi connectivity index (χ4n) is 3.72. The highest BCUT2D eigenvalue weighted by Crippen LogP contribution is 2.28. The fraction of sp³-hybridized carbons (Fsp3) is 0.333. The molecule has 0 saturated carbocycles. The second kappa shape index (κ2) is 9.08. The van der Waals surface area contributed by atoms with Gasteiger partial charge < -0.3 is 15.4 Å². The van der Waals surface area contributed by atoms with Gasteiger partial charge >= 0.3 is 0 Å². The molecule has 28 heavy (non-hydrogen) atoms. The molecule has 0 unspecified atom stereocenters. The molecule has 1 aliphatic heterocycles. The van der Waals surface area contributed by atoms with Crippen molar-refractivity contribution in [3.8, 4) is 5.75 Å². The van der Waals surface area contributed by atoms with Gasteiger partial charge in [0.15, 0.2) is 0 Å². The van der Waals surface area contributed by atoms with E-state index >= 15 is 0 Å². The molecule has 2 N–H and O–H groups in total. The molecule has 1 aliphatic rings. The molecule has 1 aromatic heterocycles. The SMILES string of the molecule is Cl.Cn1cc([C@H]2CNC[C@@H]2C(=O)NCCOc2cccc3ccccc23)cn1. The van der Waals surface area contributed by atoms with Crippen LogP contribution in [0.1, 0.15) is 11.5 Å². The van der Waals surface area contributed by atoms with Gasteiger partial charge in [0.1, 0.15) is 12.4 Å². The molecule has 0 radical (unpaired) electrons. The molecule has 3 aromatic rings. The monoisotopic (exact) mass is 400 g/mol. The summed E-state index contributed by atoms with van der Waals surface area (Å²) in [5.74, 6) is 0.998. The number of amides is 1. The smallest absolute Gasteiger partial charge is 0.225 e. The minimum Gasteiger partial charge on any atom is -0.491 e. The summed E-state index contributed by atoms with van der Waals surface area (Å²) in [5.41, 5.74) is 1.11. The van der Waals surface area contributed by atoms with Crippen molar-refractivity contribution >= 4 is 29.1 Å². The fourth-order valence-corrected chi connectivity index (χ4v) is 3.72. The molecule has 148 valence electrons. The van der Waals surface area contributed by atoms with Crippen molar-refractivity contribution in [3.05, 3.63) is 60.4 Å². The van der Waals surface area contributed by atoms with Gasteiger partial charge in [0.05, 0.1) is 18.7 Å². The van der Waals surface area contributed by atoms with E-state index in [2.05, 4.69) is 27.9 Å². The summed E-state index contributed by atoms with van der Waals surface area (Å²) in [6, 6.07) is 14.1. The maximum absolute atomic E-state index is 12.6. The molecular weight excluding hydrogens is 376 g/mol. The van der Waals surface area contributed by atoms with Crippen molar-refractivity contribution in [2.45, 2.75) is 5.92 Å². The number of benzene rings is 2. The van der Waals surface area contributed by atoms with Crippen LogP contribution in [0.15, 0.2) is 54.9 Å². The zero-order chi connectivity index (χ0) is 18.6.